The summed E-state index contributed by atoms with van der Waals surface area (Å²) in [5, 5.41) is 13.5. The third-order valence-corrected chi connectivity index (χ3v) is 5.62. The fourth-order valence-electron chi connectivity index (χ4n) is 2.79. The van der Waals surface area contributed by atoms with Crippen LogP contribution < -0.4 is 10.9 Å². The van der Waals surface area contributed by atoms with E-state index >= 15 is 0 Å². The van der Waals surface area contributed by atoms with E-state index < -0.39 is 34.9 Å². The molecule has 12 heteroatoms. The largest absolute Gasteiger partial charge is 0.456 e. The summed E-state index contributed by atoms with van der Waals surface area (Å²) in [6.07, 6.45) is 1.20. The number of thiophene rings is 1. The highest BCUT2D eigenvalue weighted by Gasteiger charge is 2.16. The first-order valence-corrected chi connectivity index (χ1v) is 9.83. The first-order valence-electron chi connectivity index (χ1n) is 9.02. The van der Waals surface area contributed by atoms with Crippen molar-refractivity contribution < 1.29 is 23.6 Å². The van der Waals surface area contributed by atoms with Crippen LogP contribution in [0, 0.1) is 29.8 Å². The van der Waals surface area contributed by atoms with Crippen molar-refractivity contribution in [2.75, 3.05) is 11.9 Å². The Bertz CT molecular complexity index is 1250. The van der Waals surface area contributed by atoms with Crippen molar-refractivity contribution in [2.45, 2.75) is 26.8 Å². The van der Waals surface area contributed by atoms with Crippen molar-refractivity contribution in [1.82, 2.24) is 9.55 Å². The molecule has 10 nitrogen and oxygen atoms in total. The third-order valence-electron chi connectivity index (χ3n) is 4.50. The SMILES string of the molecule is Cc1sc2ncn(CCC(=O)OCC(=O)Nc3ccc(F)c([N+](=O)[O-])c3)c(=O)c2c1C. The molecule has 0 aliphatic carbocycles. The van der Waals surface area contributed by atoms with E-state index in [1.807, 2.05) is 13.8 Å². The average molecular weight is 448 g/mol. The second-order valence-corrected chi connectivity index (χ2v) is 7.79. The van der Waals surface area contributed by atoms with Crippen molar-refractivity contribution in [1.29, 1.82) is 0 Å². The molecule has 3 rings (SSSR count). The molecule has 0 spiro atoms. The van der Waals surface area contributed by atoms with Gasteiger partial charge in [0, 0.05) is 23.2 Å². The van der Waals surface area contributed by atoms with Gasteiger partial charge in [0.2, 0.25) is 5.82 Å². The molecule has 31 heavy (non-hydrogen) atoms. The van der Waals surface area contributed by atoms with Gasteiger partial charge in [-0.3, -0.25) is 29.1 Å². The molecule has 2 aromatic heterocycles. The van der Waals surface area contributed by atoms with Gasteiger partial charge < -0.3 is 10.1 Å². The van der Waals surface area contributed by atoms with Crippen molar-refractivity contribution >= 4 is 44.8 Å². The first kappa shape index (κ1) is 22.0. The first-order chi connectivity index (χ1) is 14.7. The molecule has 0 unspecified atom stereocenters. The van der Waals surface area contributed by atoms with Gasteiger partial charge in [0.05, 0.1) is 23.1 Å². The Morgan fingerprint density at radius 2 is 2.10 bits per heavy atom. The lowest BCUT2D eigenvalue weighted by Gasteiger charge is -2.08. The molecule has 0 aliphatic rings. The van der Waals surface area contributed by atoms with Crippen LogP contribution in [-0.2, 0) is 20.9 Å². The number of nitrogens with one attached hydrogen (secondary N) is 1. The van der Waals surface area contributed by atoms with E-state index in [0.717, 1.165) is 28.6 Å². The number of benzene rings is 1. The lowest BCUT2D eigenvalue weighted by Crippen LogP contribution is -2.24. The Morgan fingerprint density at radius 1 is 1.35 bits per heavy atom. The van der Waals surface area contributed by atoms with Gasteiger partial charge in [-0.25, -0.2) is 4.98 Å². The topological polar surface area (TPSA) is 133 Å². The molecule has 0 aliphatic heterocycles. The normalized spacial score (nSPS) is 10.8. The maximum Gasteiger partial charge on any atom is 0.308 e. The second kappa shape index (κ2) is 9.00. The van der Waals surface area contributed by atoms with Crippen LogP contribution >= 0.6 is 11.3 Å². The van der Waals surface area contributed by atoms with Gasteiger partial charge in [0.25, 0.3) is 11.5 Å². The minimum atomic E-state index is -1.04. The van der Waals surface area contributed by atoms with Crippen LogP contribution in [-0.4, -0.2) is 33.0 Å². The minimum Gasteiger partial charge on any atom is -0.456 e. The highest BCUT2D eigenvalue weighted by atomic mass is 32.1. The number of ether oxygens (including phenoxy) is 1. The molecular formula is C19H17FN4O6S. The summed E-state index contributed by atoms with van der Waals surface area (Å²) in [6.45, 7) is 3.13. The zero-order valence-electron chi connectivity index (χ0n) is 16.5. The predicted octanol–water partition coefficient (Wildman–Crippen LogP) is 2.69. The summed E-state index contributed by atoms with van der Waals surface area (Å²) in [6, 6.07) is 2.85. The molecule has 3 aromatic rings. The number of aryl methyl sites for hydroxylation is 3. The third kappa shape index (κ3) is 4.91. The fraction of sp³-hybridized carbons (Fsp3) is 0.263. The smallest absolute Gasteiger partial charge is 0.308 e. The van der Waals surface area contributed by atoms with Crippen molar-refractivity contribution in [2.24, 2.45) is 0 Å². The summed E-state index contributed by atoms with van der Waals surface area (Å²) < 4.78 is 19.5. The van der Waals surface area contributed by atoms with Gasteiger partial charge in [-0.2, -0.15) is 4.39 Å². The van der Waals surface area contributed by atoms with Gasteiger partial charge >= 0.3 is 11.7 Å². The number of fused-ring (bicyclic) bond motifs is 1. The summed E-state index contributed by atoms with van der Waals surface area (Å²) in [7, 11) is 0. The Balaban J connectivity index is 1.54. The number of rotatable bonds is 7. The Labute approximate surface area is 178 Å². The van der Waals surface area contributed by atoms with Crippen LogP contribution in [0.4, 0.5) is 15.8 Å². The summed E-state index contributed by atoms with van der Waals surface area (Å²) in [5.74, 6) is -2.51. The van der Waals surface area contributed by atoms with Gasteiger partial charge in [0.1, 0.15) is 4.83 Å². The van der Waals surface area contributed by atoms with Gasteiger partial charge in [-0.15, -0.1) is 11.3 Å². The number of nitro benzene ring substituents is 1. The number of halogens is 1. The minimum absolute atomic E-state index is 0.0125. The summed E-state index contributed by atoms with van der Waals surface area (Å²) in [5.41, 5.74) is -0.203. The molecule has 0 radical (unpaired) electrons. The maximum absolute atomic E-state index is 13.3. The summed E-state index contributed by atoms with van der Waals surface area (Å²) in [4.78, 5) is 52.1. The molecule has 0 fully saturated rings. The number of nitro groups is 1. The van der Waals surface area contributed by atoms with Crippen molar-refractivity contribution in [3.8, 4) is 0 Å². The highest BCUT2D eigenvalue weighted by Crippen LogP contribution is 2.25. The molecular weight excluding hydrogens is 431 g/mol. The molecule has 1 aromatic carbocycles. The average Bonchev–Trinajstić information content (AvgIpc) is 3.01. The van der Waals surface area contributed by atoms with E-state index in [9.17, 15) is 28.9 Å². The summed E-state index contributed by atoms with van der Waals surface area (Å²) >= 11 is 1.42. The van der Waals surface area contributed by atoms with E-state index in [-0.39, 0.29) is 24.2 Å². The Hall–Kier alpha value is -3.67. The van der Waals surface area contributed by atoms with E-state index in [2.05, 4.69) is 10.3 Å². The molecule has 2 heterocycles. The molecule has 1 N–H and O–H groups in total. The standard InChI is InChI=1S/C19H17FN4O6S/c1-10-11(2)31-18-17(10)19(27)23(9-21-18)6-5-16(26)30-8-15(25)22-12-3-4-13(20)14(7-12)24(28)29/h3-4,7,9H,5-6,8H2,1-2H3,(H,22,25). The lowest BCUT2D eigenvalue weighted by molar-refractivity contribution is -0.387. The highest BCUT2D eigenvalue weighted by molar-refractivity contribution is 7.18. The number of nitrogens with zero attached hydrogens (tertiary/aromatic N) is 3. The molecule has 0 atom stereocenters. The van der Waals surface area contributed by atoms with Crippen LogP contribution in [0.2, 0.25) is 0 Å². The van der Waals surface area contributed by atoms with Crippen LogP contribution in [0.1, 0.15) is 16.9 Å². The number of hydrogen-bond donors (Lipinski definition) is 1. The number of aromatic nitrogens is 2. The molecule has 0 bridgehead atoms. The number of hydrogen-bond acceptors (Lipinski definition) is 8. The van der Waals surface area contributed by atoms with E-state index in [4.69, 9.17) is 4.74 Å². The Morgan fingerprint density at radius 3 is 2.81 bits per heavy atom. The van der Waals surface area contributed by atoms with Crippen molar-refractivity contribution in [3.05, 3.63) is 61.3 Å². The van der Waals surface area contributed by atoms with Crippen LogP contribution in [0.15, 0.2) is 29.3 Å². The second-order valence-electron chi connectivity index (χ2n) is 6.59. The molecule has 162 valence electrons. The number of anilines is 1. The van der Waals surface area contributed by atoms with Gasteiger partial charge in [0.15, 0.2) is 6.61 Å². The number of amides is 1. The van der Waals surface area contributed by atoms with Crippen LogP contribution in [0.25, 0.3) is 10.2 Å². The van der Waals surface area contributed by atoms with E-state index in [0.29, 0.717) is 10.2 Å². The number of esters is 1. The van der Waals surface area contributed by atoms with Crippen molar-refractivity contribution in [3.63, 3.8) is 0 Å². The van der Waals surface area contributed by atoms with Crippen LogP contribution in [0.5, 0.6) is 0 Å². The zero-order chi connectivity index (χ0) is 22.7. The fourth-order valence-corrected chi connectivity index (χ4v) is 3.77. The van der Waals surface area contributed by atoms with Gasteiger partial charge in [-0.1, -0.05) is 0 Å². The molecule has 0 saturated heterocycles. The van der Waals surface area contributed by atoms with E-state index in [1.54, 1.807) is 0 Å². The Kier molecular flexibility index (Phi) is 6.39. The molecule has 1 amide bonds. The maximum atomic E-state index is 13.3. The van der Waals surface area contributed by atoms with Gasteiger partial charge in [-0.05, 0) is 31.5 Å². The molecule has 0 saturated carbocycles. The zero-order valence-corrected chi connectivity index (χ0v) is 17.3. The van der Waals surface area contributed by atoms with Crippen LogP contribution in [0.3, 0.4) is 0 Å². The number of carbonyl (C=O) groups is 2. The van der Waals surface area contributed by atoms with E-state index in [1.165, 1.54) is 22.2 Å². The number of carbonyl (C=O) groups excluding carboxylic acids is 2. The lowest BCUT2D eigenvalue weighted by atomic mass is 10.2. The quantitative estimate of drug-likeness (QED) is 0.334. The monoisotopic (exact) mass is 448 g/mol. The predicted molar refractivity (Wildman–Crippen MR) is 111 cm³/mol.